The van der Waals surface area contributed by atoms with Crippen LogP contribution in [0.25, 0.3) is 0 Å². The molecule has 0 aromatic heterocycles. The Balaban J connectivity index is 1.75. The molecule has 2 atom stereocenters. The monoisotopic (exact) mass is 445 g/mol. The quantitative estimate of drug-likeness (QED) is 0.677. The summed E-state index contributed by atoms with van der Waals surface area (Å²) in [5.74, 6) is 0. The van der Waals surface area contributed by atoms with Crippen LogP contribution in [0.15, 0.2) is 48.5 Å². The Morgan fingerprint density at radius 2 is 1.35 bits per heavy atom. The van der Waals surface area contributed by atoms with Gasteiger partial charge in [0, 0.05) is 24.2 Å². The van der Waals surface area contributed by atoms with Crippen LogP contribution in [0.1, 0.15) is 35.1 Å². The van der Waals surface area contributed by atoms with Gasteiger partial charge in [0.1, 0.15) is 0 Å². The second-order valence-corrected chi connectivity index (χ2v) is 8.17. The van der Waals surface area contributed by atoms with Crippen LogP contribution in [0.5, 0.6) is 0 Å². The summed E-state index contributed by atoms with van der Waals surface area (Å²) in [7, 11) is 0. The van der Waals surface area contributed by atoms with Crippen molar-refractivity contribution in [1.82, 2.24) is 4.90 Å². The summed E-state index contributed by atoms with van der Waals surface area (Å²) < 4.78 is 87.6. The van der Waals surface area contributed by atoms with Gasteiger partial charge >= 0.3 is 12.4 Å². The molecule has 0 amide bonds. The van der Waals surface area contributed by atoms with E-state index in [1.54, 1.807) is 0 Å². The number of ether oxygens (including phenoxy) is 1. The summed E-state index contributed by atoms with van der Waals surface area (Å²) >= 11 is 0. The second kappa shape index (κ2) is 7.79. The van der Waals surface area contributed by atoms with E-state index in [4.69, 9.17) is 4.74 Å². The number of benzene rings is 2. The first-order chi connectivity index (χ1) is 14.5. The Morgan fingerprint density at radius 1 is 0.839 bits per heavy atom. The lowest BCUT2D eigenvalue weighted by molar-refractivity contribution is -0.168. The van der Waals surface area contributed by atoms with E-state index < -0.39 is 46.7 Å². The van der Waals surface area contributed by atoms with E-state index in [1.165, 1.54) is 0 Å². The van der Waals surface area contributed by atoms with E-state index in [9.17, 15) is 31.4 Å². The number of aliphatic hydroxyl groups is 1. The minimum absolute atomic E-state index is 0.126. The molecule has 2 heterocycles. The van der Waals surface area contributed by atoms with Gasteiger partial charge in [0.05, 0.1) is 29.9 Å². The first-order valence-electron chi connectivity index (χ1n) is 9.87. The highest BCUT2D eigenvalue weighted by molar-refractivity contribution is 5.44. The number of rotatable bonds is 3. The Hall–Kier alpha value is -2.10. The van der Waals surface area contributed by atoms with Gasteiger partial charge in [-0.1, -0.05) is 36.4 Å². The normalized spacial score (nSPS) is 27.3. The van der Waals surface area contributed by atoms with Crippen LogP contribution in [0.4, 0.5) is 26.3 Å². The summed E-state index contributed by atoms with van der Waals surface area (Å²) in [6.45, 7) is 0.727. The highest BCUT2D eigenvalue weighted by Crippen LogP contribution is 2.50. The SMILES string of the molecule is OC1(c2c(C(F)(F)F)cccc2C(F)(F)F)CC2COCC(C1)N2Cc1ccccc1. The third-order valence-corrected chi connectivity index (χ3v) is 6.05. The topological polar surface area (TPSA) is 32.7 Å². The Labute approximate surface area is 175 Å². The first kappa shape index (κ1) is 22.1. The molecule has 2 aromatic rings. The molecule has 2 unspecified atom stereocenters. The molecule has 2 aliphatic heterocycles. The van der Waals surface area contributed by atoms with E-state index >= 15 is 0 Å². The van der Waals surface area contributed by atoms with Crippen molar-refractivity contribution in [2.45, 2.75) is 49.4 Å². The lowest BCUT2D eigenvalue weighted by Crippen LogP contribution is -2.60. The molecule has 168 valence electrons. The molecule has 31 heavy (non-hydrogen) atoms. The number of nitrogens with zero attached hydrogens (tertiary/aromatic N) is 1. The molecule has 2 bridgehead atoms. The summed E-state index contributed by atoms with van der Waals surface area (Å²) in [6.07, 6.45) is -10.6. The molecule has 2 fully saturated rings. The minimum Gasteiger partial charge on any atom is -0.385 e. The van der Waals surface area contributed by atoms with Crippen molar-refractivity contribution in [3.8, 4) is 0 Å². The maximum Gasteiger partial charge on any atom is 0.416 e. The number of hydrogen-bond donors (Lipinski definition) is 1. The van der Waals surface area contributed by atoms with Crippen molar-refractivity contribution >= 4 is 0 Å². The fourth-order valence-corrected chi connectivity index (χ4v) is 4.83. The summed E-state index contributed by atoms with van der Waals surface area (Å²) in [5, 5.41) is 11.3. The molecule has 2 aliphatic rings. The first-order valence-corrected chi connectivity index (χ1v) is 9.87. The van der Waals surface area contributed by atoms with Gasteiger partial charge in [-0.05, 0) is 30.5 Å². The molecular formula is C22H21F6NO2. The van der Waals surface area contributed by atoms with Crippen LogP contribution < -0.4 is 0 Å². The number of piperidine rings is 1. The number of morpholine rings is 1. The maximum absolute atomic E-state index is 13.7. The average Bonchev–Trinajstić information content (AvgIpc) is 2.68. The van der Waals surface area contributed by atoms with Gasteiger partial charge in [-0.15, -0.1) is 0 Å². The molecule has 3 nitrogen and oxygen atoms in total. The van der Waals surface area contributed by atoms with Gasteiger partial charge in [0.2, 0.25) is 0 Å². The molecule has 4 rings (SSSR count). The second-order valence-electron chi connectivity index (χ2n) is 8.17. The highest BCUT2D eigenvalue weighted by atomic mass is 19.4. The third-order valence-electron chi connectivity index (χ3n) is 6.05. The largest absolute Gasteiger partial charge is 0.416 e. The fraction of sp³-hybridized carbons (Fsp3) is 0.455. The lowest BCUT2D eigenvalue weighted by Gasteiger charge is -2.52. The number of halogens is 6. The zero-order valence-corrected chi connectivity index (χ0v) is 16.4. The van der Waals surface area contributed by atoms with Crippen molar-refractivity contribution in [1.29, 1.82) is 0 Å². The fourth-order valence-electron chi connectivity index (χ4n) is 4.83. The molecule has 0 saturated carbocycles. The molecule has 0 radical (unpaired) electrons. The van der Waals surface area contributed by atoms with Gasteiger partial charge in [0.15, 0.2) is 0 Å². The van der Waals surface area contributed by atoms with Crippen molar-refractivity contribution in [2.75, 3.05) is 13.2 Å². The molecule has 2 saturated heterocycles. The molecular weight excluding hydrogens is 424 g/mol. The van der Waals surface area contributed by atoms with Crippen LogP contribution in [-0.4, -0.2) is 35.3 Å². The summed E-state index contributed by atoms with van der Waals surface area (Å²) in [5.41, 5.74) is -5.27. The Kier molecular flexibility index (Phi) is 5.56. The van der Waals surface area contributed by atoms with Gasteiger partial charge in [-0.3, -0.25) is 4.90 Å². The van der Waals surface area contributed by atoms with E-state index in [0.717, 1.165) is 11.6 Å². The minimum atomic E-state index is -5.03. The third kappa shape index (κ3) is 4.31. The van der Waals surface area contributed by atoms with E-state index in [0.29, 0.717) is 18.7 Å². The Morgan fingerprint density at radius 3 is 1.84 bits per heavy atom. The molecule has 1 N–H and O–H groups in total. The highest BCUT2D eigenvalue weighted by Gasteiger charge is 2.53. The van der Waals surface area contributed by atoms with Gasteiger partial charge in [-0.2, -0.15) is 26.3 Å². The Bertz CT molecular complexity index is 882. The van der Waals surface area contributed by atoms with Crippen molar-refractivity contribution in [2.24, 2.45) is 0 Å². The number of hydrogen-bond acceptors (Lipinski definition) is 3. The zero-order valence-electron chi connectivity index (χ0n) is 16.4. The lowest BCUT2D eigenvalue weighted by atomic mass is 9.73. The molecule has 9 heteroatoms. The molecule has 2 aromatic carbocycles. The van der Waals surface area contributed by atoms with Crippen molar-refractivity contribution in [3.63, 3.8) is 0 Å². The van der Waals surface area contributed by atoms with Crippen molar-refractivity contribution in [3.05, 3.63) is 70.8 Å². The van der Waals surface area contributed by atoms with Crippen LogP contribution >= 0.6 is 0 Å². The standard InChI is InChI=1S/C22H21F6NO2/c23-21(24,25)17-7-4-8-18(22(26,27)28)19(17)20(30)9-15-12-31-13-16(10-20)29(15)11-14-5-2-1-3-6-14/h1-8,15-16,30H,9-13H2. The van der Waals surface area contributed by atoms with Crippen molar-refractivity contribution < 1.29 is 36.2 Å². The molecule has 0 spiro atoms. The van der Waals surface area contributed by atoms with Crippen LogP contribution in [-0.2, 0) is 29.2 Å². The average molecular weight is 445 g/mol. The zero-order chi connectivity index (χ0) is 22.4. The van der Waals surface area contributed by atoms with E-state index in [2.05, 4.69) is 0 Å². The summed E-state index contributed by atoms with van der Waals surface area (Å²) in [4.78, 5) is 2.01. The molecule has 0 aliphatic carbocycles. The van der Waals surface area contributed by atoms with Gasteiger partial charge < -0.3 is 9.84 Å². The number of fused-ring (bicyclic) bond motifs is 2. The smallest absolute Gasteiger partial charge is 0.385 e. The predicted octanol–water partition coefficient (Wildman–Crippen LogP) is 4.98. The van der Waals surface area contributed by atoms with Crippen LogP contribution in [0.3, 0.4) is 0 Å². The van der Waals surface area contributed by atoms with E-state index in [1.807, 2.05) is 35.2 Å². The predicted molar refractivity (Wildman–Crippen MR) is 100.0 cm³/mol. The van der Waals surface area contributed by atoms with E-state index in [-0.39, 0.29) is 26.1 Å². The van der Waals surface area contributed by atoms with Crippen LogP contribution in [0, 0.1) is 0 Å². The van der Waals surface area contributed by atoms with Gasteiger partial charge in [0.25, 0.3) is 0 Å². The van der Waals surface area contributed by atoms with Gasteiger partial charge in [-0.25, -0.2) is 0 Å². The van der Waals surface area contributed by atoms with Crippen LogP contribution in [0.2, 0.25) is 0 Å². The maximum atomic E-state index is 13.7. The number of alkyl halides is 6. The summed E-state index contributed by atoms with van der Waals surface area (Å²) in [6, 6.07) is 10.3.